The number of benzene rings is 1. The van der Waals surface area contributed by atoms with Crippen LogP contribution in [0.1, 0.15) is 30.1 Å². The second kappa shape index (κ2) is 9.75. The Hall–Kier alpha value is -2.31. The first-order valence-electron chi connectivity index (χ1n) is 8.72. The van der Waals surface area contributed by atoms with E-state index in [1.165, 1.54) is 31.6 Å². The van der Waals surface area contributed by atoms with E-state index in [0.29, 0.717) is 6.61 Å². The number of halogens is 2. The van der Waals surface area contributed by atoms with Crippen molar-refractivity contribution < 1.29 is 23.9 Å². The molecule has 28 heavy (non-hydrogen) atoms. The number of hydrogen-bond donors (Lipinski definition) is 0. The quantitative estimate of drug-likeness (QED) is 0.141. The molecule has 1 aliphatic carbocycles. The molecule has 0 unspecified atom stereocenters. The summed E-state index contributed by atoms with van der Waals surface area (Å²) >= 11 is 12.4. The van der Waals surface area contributed by atoms with Gasteiger partial charge in [0.05, 0.1) is 35.7 Å². The monoisotopic (exact) mass is 425 g/mol. The van der Waals surface area contributed by atoms with Gasteiger partial charge in [-0.15, -0.1) is 6.58 Å². The molecular weight excluding hydrogens is 405 g/mol. The Morgan fingerprint density at radius 2 is 1.96 bits per heavy atom. The molecule has 1 aromatic carbocycles. The van der Waals surface area contributed by atoms with Gasteiger partial charge in [0.2, 0.25) is 5.78 Å². The van der Waals surface area contributed by atoms with Gasteiger partial charge in [-0.2, -0.15) is 0 Å². The number of ether oxygens (including phenoxy) is 2. The first-order chi connectivity index (χ1) is 13.4. The summed E-state index contributed by atoms with van der Waals surface area (Å²) in [6.45, 7) is 5.67. The van der Waals surface area contributed by atoms with Crippen LogP contribution < -0.4 is 4.90 Å². The molecule has 150 valence electrons. The Balaban J connectivity index is 2.61. The molecule has 0 saturated heterocycles. The highest BCUT2D eigenvalue weighted by Crippen LogP contribution is 2.39. The van der Waals surface area contributed by atoms with E-state index in [0.717, 1.165) is 17.7 Å². The first-order valence-corrected chi connectivity index (χ1v) is 9.47. The fourth-order valence-electron chi connectivity index (χ4n) is 2.58. The third-order valence-electron chi connectivity index (χ3n) is 4.12. The minimum atomic E-state index is -0.748. The molecule has 0 aromatic heterocycles. The van der Waals surface area contributed by atoms with Gasteiger partial charge in [0.1, 0.15) is 5.57 Å². The molecule has 0 atom stereocenters. The SMILES string of the molecule is C=CCN(C(=O)OC)c1c(C(=O)C(=COCC)C(=O)C2CC2)ccc(Cl)c1Cl. The lowest BCUT2D eigenvalue weighted by molar-refractivity contribution is -0.116. The second-order valence-electron chi connectivity index (χ2n) is 6.08. The lowest BCUT2D eigenvalue weighted by atomic mass is 9.97. The smallest absolute Gasteiger partial charge is 0.414 e. The number of rotatable bonds is 9. The molecule has 0 heterocycles. The summed E-state index contributed by atoms with van der Waals surface area (Å²) < 4.78 is 10.0. The molecule has 0 bridgehead atoms. The number of ketones is 2. The van der Waals surface area contributed by atoms with Crippen LogP contribution in [-0.4, -0.2) is 37.9 Å². The maximum absolute atomic E-state index is 13.3. The summed E-state index contributed by atoms with van der Waals surface area (Å²) in [4.78, 5) is 39.3. The standard InChI is InChI=1S/C20H21Cl2NO5/c1-4-10-23(20(26)27-3)17-13(8-9-15(21)16(17)22)19(25)14(11-28-5-2)18(24)12-6-7-12/h4,8-9,11-12H,1,5-7,10H2,2-3H3. The zero-order valence-corrected chi connectivity index (χ0v) is 17.2. The predicted molar refractivity (Wildman–Crippen MR) is 108 cm³/mol. The lowest BCUT2D eigenvalue weighted by Gasteiger charge is -2.24. The lowest BCUT2D eigenvalue weighted by Crippen LogP contribution is -2.33. The number of allylic oxidation sites excluding steroid dienone is 1. The van der Waals surface area contributed by atoms with Crippen molar-refractivity contribution in [1.29, 1.82) is 0 Å². The first kappa shape index (κ1) is 22.0. The number of nitrogens with zero attached hydrogens (tertiary/aromatic N) is 1. The van der Waals surface area contributed by atoms with E-state index in [1.54, 1.807) is 6.92 Å². The van der Waals surface area contributed by atoms with Crippen molar-refractivity contribution in [2.75, 3.05) is 25.2 Å². The van der Waals surface area contributed by atoms with Crippen LogP contribution in [0.15, 0.2) is 36.6 Å². The topological polar surface area (TPSA) is 72.9 Å². The van der Waals surface area contributed by atoms with Crippen LogP contribution in [0.5, 0.6) is 0 Å². The molecular formula is C20H21Cl2NO5. The summed E-state index contributed by atoms with van der Waals surface area (Å²) in [5, 5.41) is 0.143. The number of anilines is 1. The summed E-state index contributed by atoms with van der Waals surface area (Å²) in [6, 6.07) is 2.86. The van der Waals surface area contributed by atoms with Gasteiger partial charge in [-0.05, 0) is 31.9 Å². The molecule has 1 fully saturated rings. The summed E-state index contributed by atoms with van der Waals surface area (Å²) in [5.74, 6) is -1.08. The van der Waals surface area contributed by atoms with E-state index >= 15 is 0 Å². The molecule has 0 aliphatic heterocycles. The highest BCUT2D eigenvalue weighted by molar-refractivity contribution is 6.45. The van der Waals surface area contributed by atoms with Gasteiger partial charge >= 0.3 is 6.09 Å². The molecule has 1 amide bonds. The van der Waals surface area contributed by atoms with E-state index in [2.05, 4.69) is 6.58 Å². The third kappa shape index (κ3) is 4.75. The highest BCUT2D eigenvalue weighted by atomic mass is 35.5. The minimum absolute atomic E-state index is 0.00519. The molecule has 0 N–H and O–H groups in total. The van der Waals surface area contributed by atoms with Crippen LogP contribution in [0.4, 0.5) is 10.5 Å². The van der Waals surface area contributed by atoms with Crippen molar-refractivity contribution in [3.05, 3.63) is 52.2 Å². The van der Waals surface area contributed by atoms with Crippen LogP contribution in [-0.2, 0) is 14.3 Å². The van der Waals surface area contributed by atoms with Crippen molar-refractivity contribution in [2.24, 2.45) is 5.92 Å². The molecule has 0 spiro atoms. The molecule has 0 radical (unpaired) electrons. The van der Waals surface area contributed by atoms with E-state index in [4.69, 9.17) is 32.7 Å². The Kier molecular flexibility index (Phi) is 7.66. The third-order valence-corrected chi connectivity index (χ3v) is 4.91. The zero-order chi connectivity index (χ0) is 20.8. The molecule has 1 aromatic rings. The largest absolute Gasteiger partial charge is 0.501 e. The van der Waals surface area contributed by atoms with Gasteiger partial charge in [-0.25, -0.2) is 4.79 Å². The van der Waals surface area contributed by atoms with Crippen molar-refractivity contribution >= 4 is 46.5 Å². The van der Waals surface area contributed by atoms with Gasteiger partial charge in [-0.1, -0.05) is 29.3 Å². The fourth-order valence-corrected chi connectivity index (χ4v) is 3.00. The van der Waals surface area contributed by atoms with Crippen LogP contribution in [0, 0.1) is 5.92 Å². The van der Waals surface area contributed by atoms with Gasteiger partial charge in [0, 0.05) is 18.0 Å². The van der Waals surface area contributed by atoms with E-state index in [1.807, 2.05) is 0 Å². The number of carbonyl (C=O) groups excluding carboxylic acids is 3. The summed E-state index contributed by atoms with van der Waals surface area (Å²) in [7, 11) is 1.20. The summed E-state index contributed by atoms with van der Waals surface area (Å²) in [5.41, 5.74) is 0.00548. The normalized spacial score (nSPS) is 13.6. The van der Waals surface area contributed by atoms with Gasteiger partial charge in [0.25, 0.3) is 0 Å². The van der Waals surface area contributed by atoms with E-state index in [-0.39, 0.29) is 45.1 Å². The van der Waals surface area contributed by atoms with Crippen LogP contribution in [0.2, 0.25) is 10.0 Å². The number of carbonyl (C=O) groups is 3. The average Bonchev–Trinajstić information content (AvgIpc) is 3.53. The number of methoxy groups -OCH3 is 1. The fraction of sp³-hybridized carbons (Fsp3) is 0.350. The van der Waals surface area contributed by atoms with Crippen LogP contribution in [0.25, 0.3) is 0 Å². The maximum atomic E-state index is 13.3. The molecule has 1 aliphatic rings. The second-order valence-corrected chi connectivity index (χ2v) is 6.87. The highest BCUT2D eigenvalue weighted by Gasteiger charge is 2.37. The maximum Gasteiger partial charge on any atom is 0.414 e. The summed E-state index contributed by atoms with van der Waals surface area (Å²) in [6.07, 6.45) is 3.34. The molecule has 1 saturated carbocycles. The molecule has 8 heteroatoms. The average molecular weight is 426 g/mol. The number of hydrogen-bond acceptors (Lipinski definition) is 5. The van der Waals surface area contributed by atoms with Crippen molar-refractivity contribution in [3.63, 3.8) is 0 Å². The Labute approximate surface area is 173 Å². The predicted octanol–water partition coefficient (Wildman–Crippen LogP) is 4.83. The van der Waals surface area contributed by atoms with Crippen molar-refractivity contribution in [3.8, 4) is 0 Å². The number of Topliss-reactive ketones (excluding diaryl/α,β-unsaturated/α-hetero) is 2. The molecule has 6 nitrogen and oxygen atoms in total. The van der Waals surface area contributed by atoms with Gasteiger partial charge < -0.3 is 9.47 Å². The van der Waals surface area contributed by atoms with Crippen molar-refractivity contribution in [1.82, 2.24) is 0 Å². The Morgan fingerprint density at radius 1 is 1.29 bits per heavy atom. The van der Waals surface area contributed by atoms with Crippen LogP contribution in [0.3, 0.4) is 0 Å². The van der Waals surface area contributed by atoms with E-state index < -0.39 is 11.9 Å². The van der Waals surface area contributed by atoms with Crippen LogP contribution >= 0.6 is 23.2 Å². The Bertz CT molecular complexity index is 830. The zero-order valence-electron chi connectivity index (χ0n) is 15.7. The minimum Gasteiger partial charge on any atom is -0.501 e. The van der Waals surface area contributed by atoms with Crippen molar-refractivity contribution in [2.45, 2.75) is 19.8 Å². The molecule has 2 rings (SSSR count). The van der Waals surface area contributed by atoms with Gasteiger partial charge in [-0.3, -0.25) is 14.5 Å². The van der Waals surface area contributed by atoms with E-state index in [9.17, 15) is 14.4 Å². The Morgan fingerprint density at radius 3 is 2.50 bits per heavy atom. The van der Waals surface area contributed by atoms with Gasteiger partial charge in [0.15, 0.2) is 5.78 Å². The number of amides is 1.